The molecule has 1 aromatic rings. The van der Waals surface area contributed by atoms with Crippen LogP contribution < -0.4 is 0 Å². The first-order chi connectivity index (χ1) is 7.83. The van der Waals surface area contributed by atoms with Crippen molar-refractivity contribution < 1.29 is 9.84 Å². The minimum atomic E-state index is -0.357. The lowest BCUT2D eigenvalue weighted by Gasteiger charge is -2.19. The molecule has 4 heteroatoms. The molecule has 0 spiro atoms. The van der Waals surface area contributed by atoms with Crippen molar-refractivity contribution in [1.82, 2.24) is 9.55 Å². The molecule has 4 nitrogen and oxygen atoms in total. The SMILES string of the molecule is OC1CCCc2nc(CC3CCOC3)cn21. The zero-order valence-corrected chi connectivity index (χ0v) is 9.43. The van der Waals surface area contributed by atoms with Crippen molar-refractivity contribution >= 4 is 0 Å². The van der Waals surface area contributed by atoms with Crippen molar-refractivity contribution in [3.63, 3.8) is 0 Å². The summed E-state index contributed by atoms with van der Waals surface area (Å²) in [5.74, 6) is 1.67. The van der Waals surface area contributed by atoms with Crippen LogP contribution in [0.3, 0.4) is 0 Å². The number of ether oxygens (including phenoxy) is 1. The predicted octanol–water partition coefficient (Wildman–Crippen LogP) is 1.29. The zero-order valence-electron chi connectivity index (χ0n) is 9.43. The number of aliphatic hydroxyl groups excluding tert-OH is 1. The standard InChI is InChI=1S/C12H18N2O2/c15-12-3-1-2-11-13-10(7-14(11)12)6-9-4-5-16-8-9/h7,9,12,15H,1-6,8H2. The molecule has 0 saturated carbocycles. The normalized spacial score (nSPS) is 29.3. The molecule has 2 atom stereocenters. The number of aromatic nitrogens is 2. The van der Waals surface area contributed by atoms with Gasteiger partial charge in [0.15, 0.2) is 0 Å². The molecule has 1 saturated heterocycles. The first-order valence-electron chi connectivity index (χ1n) is 6.15. The van der Waals surface area contributed by atoms with E-state index >= 15 is 0 Å². The molecule has 3 rings (SSSR count). The maximum absolute atomic E-state index is 9.83. The van der Waals surface area contributed by atoms with Crippen molar-refractivity contribution in [2.24, 2.45) is 5.92 Å². The lowest BCUT2D eigenvalue weighted by Crippen LogP contribution is -2.16. The predicted molar refractivity (Wildman–Crippen MR) is 59.1 cm³/mol. The summed E-state index contributed by atoms with van der Waals surface area (Å²) >= 11 is 0. The van der Waals surface area contributed by atoms with Gasteiger partial charge in [0.2, 0.25) is 0 Å². The summed E-state index contributed by atoms with van der Waals surface area (Å²) in [6, 6.07) is 0. The van der Waals surface area contributed by atoms with E-state index in [2.05, 4.69) is 4.98 Å². The van der Waals surface area contributed by atoms with Gasteiger partial charge in [-0.15, -0.1) is 0 Å². The number of hydrogen-bond donors (Lipinski definition) is 1. The van der Waals surface area contributed by atoms with Crippen LogP contribution in [0.25, 0.3) is 0 Å². The van der Waals surface area contributed by atoms with Gasteiger partial charge in [0.1, 0.15) is 12.1 Å². The fourth-order valence-corrected chi connectivity index (χ4v) is 2.65. The quantitative estimate of drug-likeness (QED) is 0.820. The Morgan fingerprint density at radius 2 is 2.44 bits per heavy atom. The van der Waals surface area contributed by atoms with E-state index in [1.54, 1.807) is 0 Å². The van der Waals surface area contributed by atoms with Crippen LogP contribution in [0.15, 0.2) is 6.20 Å². The largest absolute Gasteiger partial charge is 0.381 e. The summed E-state index contributed by atoms with van der Waals surface area (Å²) < 4.78 is 7.31. The van der Waals surface area contributed by atoms with Gasteiger partial charge in [-0.3, -0.25) is 0 Å². The number of aliphatic hydroxyl groups is 1. The maximum Gasteiger partial charge on any atom is 0.131 e. The van der Waals surface area contributed by atoms with Crippen molar-refractivity contribution in [3.05, 3.63) is 17.7 Å². The highest BCUT2D eigenvalue weighted by Crippen LogP contribution is 2.24. The fraction of sp³-hybridized carbons (Fsp3) is 0.750. The van der Waals surface area contributed by atoms with Gasteiger partial charge >= 0.3 is 0 Å². The summed E-state index contributed by atoms with van der Waals surface area (Å²) in [6.07, 6.45) is 6.71. The summed E-state index contributed by atoms with van der Waals surface area (Å²) in [7, 11) is 0. The van der Waals surface area contributed by atoms with Crippen molar-refractivity contribution in [2.75, 3.05) is 13.2 Å². The lowest BCUT2D eigenvalue weighted by molar-refractivity contribution is 0.0780. The van der Waals surface area contributed by atoms with Crippen LogP contribution >= 0.6 is 0 Å². The molecule has 88 valence electrons. The van der Waals surface area contributed by atoms with Crippen molar-refractivity contribution in [1.29, 1.82) is 0 Å². The molecular formula is C12H18N2O2. The molecule has 0 aromatic carbocycles. The van der Waals surface area contributed by atoms with Gasteiger partial charge in [0, 0.05) is 25.8 Å². The fourth-order valence-electron chi connectivity index (χ4n) is 2.65. The van der Waals surface area contributed by atoms with E-state index < -0.39 is 0 Å². The number of fused-ring (bicyclic) bond motifs is 1. The molecular weight excluding hydrogens is 204 g/mol. The van der Waals surface area contributed by atoms with Crippen LogP contribution in [0.1, 0.15) is 37.0 Å². The minimum absolute atomic E-state index is 0.357. The van der Waals surface area contributed by atoms with Crippen LogP contribution in [0, 0.1) is 5.92 Å². The van der Waals surface area contributed by atoms with E-state index in [0.29, 0.717) is 5.92 Å². The van der Waals surface area contributed by atoms with Crippen molar-refractivity contribution in [3.8, 4) is 0 Å². The van der Waals surface area contributed by atoms with Gasteiger partial charge in [0.05, 0.1) is 5.69 Å². The molecule has 2 aliphatic heterocycles. The van der Waals surface area contributed by atoms with E-state index in [1.165, 1.54) is 0 Å². The Kier molecular flexibility index (Phi) is 2.69. The third kappa shape index (κ3) is 1.87. The Labute approximate surface area is 95.3 Å². The second kappa shape index (κ2) is 4.18. The topological polar surface area (TPSA) is 47.3 Å². The molecule has 0 radical (unpaired) electrons. The van der Waals surface area contributed by atoms with Crippen LogP contribution in [0.5, 0.6) is 0 Å². The zero-order chi connectivity index (χ0) is 11.0. The van der Waals surface area contributed by atoms with E-state index in [9.17, 15) is 5.11 Å². The van der Waals surface area contributed by atoms with E-state index in [-0.39, 0.29) is 6.23 Å². The van der Waals surface area contributed by atoms with Gasteiger partial charge in [0.25, 0.3) is 0 Å². The molecule has 3 heterocycles. The molecule has 0 aliphatic carbocycles. The molecule has 1 fully saturated rings. The van der Waals surface area contributed by atoms with Crippen LogP contribution in [0.2, 0.25) is 0 Å². The molecule has 1 N–H and O–H groups in total. The number of rotatable bonds is 2. The van der Waals surface area contributed by atoms with Gasteiger partial charge in [-0.05, 0) is 31.6 Å². The van der Waals surface area contributed by atoms with E-state index in [1.807, 2.05) is 10.8 Å². The van der Waals surface area contributed by atoms with Crippen LogP contribution in [-0.4, -0.2) is 27.9 Å². The Balaban J connectivity index is 1.75. The third-order valence-corrected chi connectivity index (χ3v) is 3.56. The molecule has 1 aromatic heterocycles. The summed E-state index contributed by atoms with van der Waals surface area (Å²) in [5, 5.41) is 9.83. The molecule has 2 aliphatic rings. The van der Waals surface area contributed by atoms with Crippen LogP contribution in [0.4, 0.5) is 0 Å². The summed E-state index contributed by atoms with van der Waals surface area (Å²) in [6.45, 7) is 1.76. The van der Waals surface area contributed by atoms with E-state index in [4.69, 9.17) is 4.74 Å². The minimum Gasteiger partial charge on any atom is -0.381 e. The van der Waals surface area contributed by atoms with Gasteiger partial charge in [-0.2, -0.15) is 0 Å². The van der Waals surface area contributed by atoms with Gasteiger partial charge < -0.3 is 14.4 Å². The number of imidazole rings is 1. The average Bonchev–Trinajstić information content (AvgIpc) is 2.88. The monoisotopic (exact) mass is 222 g/mol. The lowest BCUT2D eigenvalue weighted by atomic mass is 10.0. The first kappa shape index (κ1) is 10.3. The number of hydrogen-bond acceptors (Lipinski definition) is 3. The summed E-state index contributed by atoms with van der Waals surface area (Å²) in [4.78, 5) is 4.61. The molecule has 2 unspecified atom stereocenters. The Morgan fingerprint density at radius 1 is 1.50 bits per heavy atom. The van der Waals surface area contributed by atoms with Gasteiger partial charge in [-0.1, -0.05) is 0 Å². The highest BCUT2D eigenvalue weighted by molar-refractivity contribution is 5.08. The van der Waals surface area contributed by atoms with Crippen molar-refractivity contribution in [2.45, 2.75) is 38.3 Å². The Hall–Kier alpha value is -0.870. The first-order valence-corrected chi connectivity index (χ1v) is 6.15. The molecule has 0 bridgehead atoms. The van der Waals surface area contributed by atoms with Crippen LogP contribution in [-0.2, 0) is 17.6 Å². The Morgan fingerprint density at radius 3 is 3.19 bits per heavy atom. The second-order valence-electron chi connectivity index (χ2n) is 4.86. The smallest absolute Gasteiger partial charge is 0.131 e. The van der Waals surface area contributed by atoms with E-state index in [0.717, 1.165) is 56.8 Å². The Bertz CT molecular complexity index is 369. The maximum atomic E-state index is 9.83. The second-order valence-corrected chi connectivity index (χ2v) is 4.86. The van der Waals surface area contributed by atoms with Gasteiger partial charge in [-0.25, -0.2) is 4.98 Å². The molecule has 16 heavy (non-hydrogen) atoms. The highest BCUT2D eigenvalue weighted by Gasteiger charge is 2.22. The summed E-state index contributed by atoms with van der Waals surface area (Å²) in [5.41, 5.74) is 1.12. The molecule has 0 amide bonds. The highest BCUT2D eigenvalue weighted by atomic mass is 16.5. The average molecular weight is 222 g/mol. The number of aryl methyl sites for hydroxylation is 1. The third-order valence-electron chi connectivity index (χ3n) is 3.56. The number of nitrogens with zero attached hydrogens (tertiary/aromatic N) is 2.